The van der Waals surface area contributed by atoms with Crippen molar-refractivity contribution in [2.24, 2.45) is 5.73 Å². The Morgan fingerprint density at radius 1 is 1.57 bits per heavy atom. The lowest BCUT2D eigenvalue weighted by molar-refractivity contribution is 0.925. The maximum atomic E-state index is 7.46. The van der Waals surface area contributed by atoms with Crippen LogP contribution in [0, 0.1) is 5.41 Å². The fourth-order valence-electron chi connectivity index (χ4n) is 1.57. The second-order valence-electron chi connectivity index (χ2n) is 3.11. The number of amidine groups is 1. The molecule has 0 aliphatic rings. The van der Waals surface area contributed by atoms with Crippen LogP contribution in [0.15, 0.2) is 24.4 Å². The Bertz CT molecular complexity index is 484. The number of aryl methyl sites for hydroxylation is 1. The largest absolute Gasteiger partial charge is 0.382 e. The maximum absolute atomic E-state index is 7.46. The summed E-state index contributed by atoms with van der Waals surface area (Å²) in [6.45, 7) is 2.03. The molecule has 3 N–H and O–H groups in total. The predicted molar refractivity (Wildman–Crippen MR) is 55.6 cm³/mol. The standard InChI is InChI=1S/C10H12N4/c1-2-9-13-6-7-4-3-5-8(10(11)12)14(7)9/h3-6H,2H2,1H3,(H3,11,12). The maximum Gasteiger partial charge on any atom is 0.140 e. The van der Waals surface area contributed by atoms with Gasteiger partial charge in [-0.3, -0.25) is 9.81 Å². The number of hydrogen-bond acceptors (Lipinski definition) is 2. The quantitative estimate of drug-likeness (QED) is 0.549. The van der Waals surface area contributed by atoms with Gasteiger partial charge in [0.15, 0.2) is 0 Å². The van der Waals surface area contributed by atoms with Crippen LogP contribution in [0.4, 0.5) is 0 Å². The number of nitrogens with zero attached hydrogens (tertiary/aromatic N) is 2. The average Bonchev–Trinajstić information content (AvgIpc) is 2.59. The van der Waals surface area contributed by atoms with E-state index < -0.39 is 0 Å². The van der Waals surface area contributed by atoms with Crippen LogP contribution in [0.2, 0.25) is 0 Å². The lowest BCUT2D eigenvalue weighted by Crippen LogP contribution is -2.16. The zero-order valence-electron chi connectivity index (χ0n) is 7.99. The smallest absolute Gasteiger partial charge is 0.140 e. The minimum Gasteiger partial charge on any atom is -0.382 e. The molecule has 0 saturated carbocycles. The molecule has 2 rings (SSSR count). The summed E-state index contributed by atoms with van der Waals surface area (Å²) in [6, 6.07) is 5.67. The monoisotopic (exact) mass is 188 g/mol. The molecule has 0 fully saturated rings. The highest BCUT2D eigenvalue weighted by molar-refractivity contribution is 5.94. The van der Waals surface area contributed by atoms with Crippen molar-refractivity contribution in [1.82, 2.24) is 9.38 Å². The first-order valence-electron chi connectivity index (χ1n) is 4.53. The molecule has 2 aromatic rings. The summed E-state index contributed by atoms with van der Waals surface area (Å²) in [5.41, 5.74) is 7.18. The molecule has 4 nitrogen and oxygen atoms in total. The molecule has 0 radical (unpaired) electrons. The van der Waals surface area contributed by atoms with Gasteiger partial charge in [-0.2, -0.15) is 0 Å². The SMILES string of the molecule is CCc1ncc2cccc(C(=N)N)n12. The van der Waals surface area contributed by atoms with E-state index in [-0.39, 0.29) is 5.84 Å². The second-order valence-corrected chi connectivity index (χ2v) is 3.11. The molecule has 0 aromatic carbocycles. The summed E-state index contributed by atoms with van der Waals surface area (Å²) in [6.07, 6.45) is 2.63. The third-order valence-electron chi connectivity index (χ3n) is 2.22. The Labute approximate surface area is 81.9 Å². The van der Waals surface area contributed by atoms with Crippen molar-refractivity contribution in [1.29, 1.82) is 5.41 Å². The van der Waals surface area contributed by atoms with Gasteiger partial charge in [0, 0.05) is 6.42 Å². The lowest BCUT2D eigenvalue weighted by Gasteiger charge is -2.05. The molecule has 0 spiro atoms. The van der Waals surface area contributed by atoms with Gasteiger partial charge in [0.1, 0.15) is 11.7 Å². The van der Waals surface area contributed by atoms with E-state index in [1.165, 1.54) is 0 Å². The molecule has 72 valence electrons. The van der Waals surface area contributed by atoms with Crippen LogP contribution in [-0.4, -0.2) is 15.2 Å². The lowest BCUT2D eigenvalue weighted by atomic mass is 10.3. The molecule has 0 aliphatic carbocycles. The van der Waals surface area contributed by atoms with Gasteiger partial charge in [-0.25, -0.2) is 4.98 Å². The van der Waals surface area contributed by atoms with E-state index in [1.807, 2.05) is 29.5 Å². The summed E-state index contributed by atoms with van der Waals surface area (Å²) < 4.78 is 1.92. The minimum absolute atomic E-state index is 0.0725. The molecule has 2 heterocycles. The van der Waals surface area contributed by atoms with Crippen molar-refractivity contribution in [2.45, 2.75) is 13.3 Å². The molecular formula is C10H12N4. The van der Waals surface area contributed by atoms with Crippen LogP contribution in [0.25, 0.3) is 5.52 Å². The fraction of sp³-hybridized carbons (Fsp3) is 0.200. The van der Waals surface area contributed by atoms with E-state index in [2.05, 4.69) is 4.98 Å². The van der Waals surface area contributed by atoms with Crippen LogP contribution in [-0.2, 0) is 6.42 Å². The van der Waals surface area contributed by atoms with Crippen LogP contribution in [0.1, 0.15) is 18.4 Å². The van der Waals surface area contributed by atoms with Crippen molar-refractivity contribution >= 4 is 11.4 Å². The molecule has 0 saturated heterocycles. The van der Waals surface area contributed by atoms with Crippen molar-refractivity contribution in [3.05, 3.63) is 35.9 Å². The number of aromatic nitrogens is 2. The second kappa shape index (κ2) is 3.14. The highest BCUT2D eigenvalue weighted by Gasteiger charge is 2.07. The Morgan fingerprint density at radius 3 is 3.00 bits per heavy atom. The number of rotatable bonds is 2. The number of fused-ring (bicyclic) bond motifs is 1. The number of nitrogen functional groups attached to an aromatic ring is 1. The Morgan fingerprint density at radius 2 is 2.36 bits per heavy atom. The average molecular weight is 188 g/mol. The number of nitrogens with two attached hydrogens (primary N) is 1. The van der Waals surface area contributed by atoms with Gasteiger partial charge in [0.25, 0.3) is 0 Å². The van der Waals surface area contributed by atoms with Gasteiger partial charge in [-0.1, -0.05) is 13.0 Å². The van der Waals surface area contributed by atoms with E-state index in [9.17, 15) is 0 Å². The number of pyridine rings is 1. The third-order valence-corrected chi connectivity index (χ3v) is 2.22. The molecule has 14 heavy (non-hydrogen) atoms. The summed E-state index contributed by atoms with van der Waals surface area (Å²) >= 11 is 0. The van der Waals surface area contributed by atoms with E-state index in [4.69, 9.17) is 11.1 Å². The molecule has 0 aliphatic heterocycles. The van der Waals surface area contributed by atoms with E-state index in [1.54, 1.807) is 6.20 Å². The van der Waals surface area contributed by atoms with Gasteiger partial charge in [-0.05, 0) is 12.1 Å². The zero-order valence-corrected chi connectivity index (χ0v) is 7.99. The molecule has 0 unspecified atom stereocenters. The van der Waals surface area contributed by atoms with Gasteiger partial charge in [-0.15, -0.1) is 0 Å². The van der Waals surface area contributed by atoms with E-state index in [0.717, 1.165) is 17.8 Å². The Kier molecular flexibility index (Phi) is 1.96. The molecule has 0 atom stereocenters. The molecular weight excluding hydrogens is 176 g/mol. The van der Waals surface area contributed by atoms with E-state index >= 15 is 0 Å². The number of hydrogen-bond donors (Lipinski definition) is 2. The van der Waals surface area contributed by atoms with Gasteiger partial charge < -0.3 is 5.73 Å². The molecule has 4 heteroatoms. The van der Waals surface area contributed by atoms with Crippen molar-refractivity contribution in [2.75, 3.05) is 0 Å². The summed E-state index contributed by atoms with van der Waals surface area (Å²) in [5.74, 6) is 1.01. The van der Waals surface area contributed by atoms with Gasteiger partial charge in [0.2, 0.25) is 0 Å². The molecule has 0 bridgehead atoms. The fourth-order valence-corrected chi connectivity index (χ4v) is 1.57. The van der Waals surface area contributed by atoms with Crippen LogP contribution in [0.3, 0.4) is 0 Å². The summed E-state index contributed by atoms with van der Waals surface area (Å²) in [4.78, 5) is 4.27. The van der Waals surface area contributed by atoms with Gasteiger partial charge in [0.05, 0.1) is 17.4 Å². The number of imidazole rings is 1. The zero-order chi connectivity index (χ0) is 10.1. The number of nitrogens with one attached hydrogen (secondary N) is 1. The topological polar surface area (TPSA) is 67.2 Å². The highest BCUT2D eigenvalue weighted by Crippen LogP contribution is 2.10. The van der Waals surface area contributed by atoms with Crippen molar-refractivity contribution in [3.63, 3.8) is 0 Å². The molecule has 0 amide bonds. The summed E-state index contributed by atoms with van der Waals surface area (Å²) in [5, 5.41) is 7.46. The Hall–Kier alpha value is -1.84. The van der Waals surface area contributed by atoms with Crippen molar-refractivity contribution in [3.8, 4) is 0 Å². The normalized spacial score (nSPS) is 10.6. The highest BCUT2D eigenvalue weighted by atomic mass is 15.0. The first kappa shape index (κ1) is 8.74. The first-order valence-corrected chi connectivity index (χ1v) is 4.53. The van der Waals surface area contributed by atoms with Crippen molar-refractivity contribution < 1.29 is 0 Å². The first-order chi connectivity index (χ1) is 6.74. The van der Waals surface area contributed by atoms with Crippen LogP contribution in [0.5, 0.6) is 0 Å². The summed E-state index contributed by atoms with van der Waals surface area (Å²) in [7, 11) is 0. The molecule has 2 aromatic heterocycles. The predicted octanol–water partition coefficient (Wildman–Crippen LogP) is 1.18. The minimum atomic E-state index is 0.0725. The van der Waals surface area contributed by atoms with Crippen LogP contribution < -0.4 is 5.73 Å². The Balaban J connectivity index is 2.81. The van der Waals surface area contributed by atoms with Crippen LogP contribution >= 0.6 is 0 Å². The van der Waals surface area contributed by atoms with Gasteiger partial charge >= 0.3 is 0 Å². The third kappa shape index (κ3) is 1.16. The van der Waals surface area contributed by atoms with E-state index in [0.29, 0.717) is 5.69 Å².